The molecule has 1 aromatic rings. The minimum absolute atomic E-state index is 0.0689. The molecular formula is C6H3ClF2IN. The molecule has 0 saturated carbocycles. The summed E-state index contributed by atoms with van der Waals surface area (Å²) in [6.45, 7) is 0. The van der Waals surface area contributed by atoms with Crippen molar-refractivity contribution in [3.05, 3.63) is 26.5 Å². The van der Waals surface area contributed by atoms with Crippen molar-refractivity contribution >= 4 is 34.2 Å². The molecule has 1 nitrogen and oxygen atoms in total. The molecule has 0 aliphatic rings. The van der Waals surface area contributed by atoms with Crippen LogP contribution in [-0.4, -0.2) is 4.98 Å². The molecule has 1 heterocycles. The zero-order valence-electron chi connectivity index (χ0n) is 5.19. The molecule has 0 fully saturated rings. The molecule has 0 N–H and O–H groups in total. The quantitative estimate of drug-likeness (QED) is 0.571. The normalized spacial score (nSPS) is 10.6. The summed E-state index contributed by atoms with van der Waals surface area (Å²) in [5, 5.41) is 0.0689. The smallest absolute Gasteiger partial charge is 0.250 e. The Balaban J connectivity index is 3.09. The van der Waals surface area contributed by atoms with E-state index in [0.717, 1.165) is 6.20 Å². The monoisotopic (exact) mass is 289 g/mol. The van der Waals surface area contributed by atoms with Crippen LogP contribution in [0.2, 0.25) is 5.02 Å². The van der Waals surface area contributed by atoms with E-state index < -0.39 is 6.43 Å². The standard InChI is InChI=1S/C6H3ClF2IN/c7-4-1-5(10)11-2-3(4)6(8)9/h1-2,6H. The Morgan fingerprint density at radius 3 is 2.64 bits per heavy atom. The molecule has 0 aliphatic heterocycles. The molecule has 0 bridgehead atoms. The summed E-state index contributed by atoms with van der Waals surface area (Å²) >= 11 is 7.40. The zero-order chi connectivity index (χ0) is 8.43. The molecule has 0 atom stereocenters. The lowest BCUT2D eigenvalue weighted by Crippen LogP contribution is -1.89. The Hall–Kier alpha value is 0.0300. The summed E-state index contributed by atoms with van der Waals surface area (Å²) in [6.07, 6.45) is -1.46. The molecule has 11 heavy (non-hydrogen) atoms. The summed E-state index contributed by atoms with van der Waals surface area (Å²) in [6, 6.07) is 1.41. The Kier molecular flexibility index (Phi) is 3.00. The van der Waals surface area contributed by atoms with E-state index in [1.54, 1.807) is 0 Å². The average Bonchev–Trinajstić information content (AvgIpc) is 1.85. The van der Waals surface area contributed by atoms with Crippen LogP contribution in [0.1, 0.15) is 12.0 Å². The van der Waals surface area contributed by atoms with Crippen molar-refractivity contribution in [2.24, 2.45) is 0 Å². The minimum Gasteiger partial charge on any atom is -0.250 e. The second-order valence-electron chi connectivity index (χ2n) is 1.83. The van der Waals surface area contributed by atoms with Gasteiger partial charge in [-0.25, -0.2) is 13.8 Å². The average molecular weight is 289 g/mol. The van der Waals surface area contributed by atoms with Gasteiger partial charge in [-0.3, -0.25) is 0 Å². The third-order valence-electron chi connectivity index (χ3n) is 1.08. The second kappa shape index (κ2) is 3.62. The van der Waals surface area contributed by atoms with E-state index in [4.69, 9.17) is 11.6 Å². The maximum atomic E-state index is 12.0. The predicted molar refractivity (Wildman–Crippen MR) is 46.9 cm³/mol. The van der Waals surface area contributed by atoms with E-state index >= 15 is 0 Å². The van der Waals surface area contributed by atoms with Crippen molar-refractivity contribution in [2.45, 2.75) is 6.43 Å². The summed E-state index contributed by atoms with van der Waals surface area (Å²) < 4.78 is 24.7. The van der Waals surface area contributed by atoms with Crippen molar-refractivity contribution in [3.63, 3.8) is 0 Å². The minimum atomic E-state index is -2.55. The molecule has 0 saturated heterocycles. The first kappa shape index (κ1) is 9.12. The van der Waals surface area contributed by atoms with Gasteiger partial charge in [-0.2, -0.15) is 0 Å². The van der Waals surface area contributed by atoms with Gasteiger partial charge in [0.15, 0.2) is 0 Å². The number of aromatic nitrogens is 1. The fourth-order valence-electron chi connectivity index (χ4n) is 0.579. The van der Waals surface area contributed by atoms with Gasteiger partial charge in [0.2, 0.25) is 0 Å². The molecule has 0 radical (unpaired) electrons. The topological polar surface area (TPSA) is 12.9 Å². The third-order valence-corrected chi connectivity index (χ3v) is 2.00. The van der Waals surface area contributed by atoms with Gasteiger partial charge in [-0.15, -0.1) is 0 Å². The first-order valence-electron chi connectivity index (χ1n) is 2.70. The van der Waals surface area contributed by atoms with Crippen molar-refractivity contribution < 1.29 is 8.78 Å². The molecular weight excluding hydrogens is 286 g/mol. The van der Waals surface area contributed by atoms with Crippen molar-refractivity contribution in [1.29, 1.82) is 0 Å². The summed E-state index contributed by atoms with van der Waals surface area (Å²) in [7, 11) is 0. The molecule has 1 aromatic heterocycles. The highest BCUT2D eigenvalue weighted by molar-refractivity contribution is 14.1. The van der Waals surface area contributed by atoms with Crippen LogP contribution in [0.25, 0.3) is 0 Å². The van der Waals surface area contributed by atoms with Gasteiger partial charge < -0.3 is 0 Å². The van der Waals surface area contributed by atoms with Crippen LogP contribution >= 0.6 is 34.2 Å². The van der Waals surface area contributed by atoms with Crippen LogP contribution in [0.5, 0.6) is 0 Å². The molecule has 0 aliphatic carbocycles. The number of rotatable bonds is 1. The summed E-state index contributed by atoms with van der Waals surface area (Å²) in [5.74, 6) is 0. The largest absolute Gasteiger partial charge is 0.266 e. The number of hydrogen-bond donors (Lipinski definition) is 0. The van der Waals surface area contributed by atoms with Crippen LogP contribution in [0.4, 0.5) is 8.78 Å². The van der Waals surface area contributed by atoms with Gasteiger partial charge in [-0.1, -0.05) is 11.6 Å². The molecule has 0 aromatic carbocycles. The summed E-state index contributed by atoms with van der Waals surface area (Å²) in [4.78, 5) is 3.68. The van der Waals surface area contributed by atoms with Gasteiger partial charge >= 0.3 is 0 Å². The number of halogens is 4. The molecule has 0 spiro atoms. The fourth-order valence-corrected chi connectivity index (χ4v) is 1.45. The highest BCUT2D eigenvalue weighted by Crippen LogP contribution is 2.26. The Labute approximate surface area is 80.9 Å². The first-order chi connectivity index (χ1) is 5.11. The van der Waals surface area contributed by atoms with Crippen LogP contribution in [0.15, 0.2) is 12.3 Å². The lowest BCUT2D eigenvalue weighted by molar-refractivity contribution is 0.151. The number of alkyl halides is 2. The maximum Gasteiger partial charge on any atom is 0.266 e. The lowest BCUT2D eigenvalue weighted by atomic mass is 10.3. The van der Waals surface area contributed by atoms with Gasteiger partial charge in [0.25, 0.3) is 6.43 Å². The van der Waals surface area contributed by atoms with Crippen LogP contribution in [-0.2, 0) is 0 Å². The second-order valence-corrected chi connectivity index (χ2v) is 3.34. The van der Waals surface area contributed by atoms with Crippen LogP contribution in [0, 0.1) is 3.70 Å². The molecule has 60 valence electrons. The van der Waals surface area contributed by atoms with Crippen LogP contribution < -0.4 is 0 Å². The zero-order valence-corrected chi connectivity index (χ0v) is 8.10. The van der Waals surface area contributed by atoms with E-state index in [1.807, 2.05) is 22.6 Å². The van der Waals surface area contributed by atoms with E-state index in [0.29, 0.717) is 3.70 Å². The summed E-state index contributed by atoms with van der Waals surface area (Å²) in [5.41, 5.74) is -0.216. The fraction of sp³-hybridized carbons (Fsp3) is 0.167. The Morgan fingerprint density at radius 2 is 2.18 bits per heavy atom. The van der Waals surface area contributed by atoms with E-state index in [9.17, 15) is 8.78 Å². The Bertz CT molecular complexity index is 267. The third kappa shape index (κ3) is 2.23. The molecule has 0 amide bonds. The SMILES string of the molecule is FC(F)c1cnc(I)cc1Cl. The highest BCUT2D eigenvalue weighted by Gasteiger charge is 2.11. The van der Waals surface area contributed by atoms with E-state index in [1.165, 1.54) is 6.07 Å². The predicted octanol–water partition coefficient (Wildman–Crippen LogP) is 3.28. The number of nitrogens with zero attached hydrogens (tertiary/aromatic N) is 1. The van der Waals surface area contributed by atoms with E-state index in [2.05, 4.69) is 4.98 Å². The van der Waals surface area contributed by atoms with Gasteiger partial charge in [-0.05, 0) is 28.7 Å². The molecule has 0 unspecified atom stereocenters. The van der Waals surface area contributed by atoms with E-state index in [-0.39, 0.29) is 10.6 Å². The van der Waals surface area contributed by atoms with Crippen LogP contribution in [0.3, 0.4) is 0 Å². The van der Waals surface area contributed by atoms with Gasteiger partial charge in [0.05, 0.1) is 10.6 Å². The highest BCUT2D eigenvalue weighted by atomic mass is 127. The molecule has 5 heteroatoms. The van der Waals surface area contributed by atoms with Crippen molar-refractivity contribution in [3.8, 4) is 0 Å². The number of hydrogen-bond acceptors (Lipinski definition) is 1. The van der Waals surface area contributed by atoms with Crippen molar-refractivity contribution in [1.82, 2.24) is 4.98 Å². The maximum absolute atomic E-state index is 12.0. The number of pyridine rings is 1. The van der Waals surface area contributed by atoms with Gasteiger partial charge in [0, 0.05) is 6.20 Å². The molecule has 1 rings (SSSR count). The Morgan fingerprint density at radius 1 is 1.55 bits per heavy atom. The first-order valence-corrected chi connectivity index (χ1v) is 4.16. The van der Waals surface area contributed by atoms with Crippen molar-refractivity contribution in [2.75, 3.05) is 0 Å². The lowest BCUT2D eigenvalue weighted by Gasteiger charge is -2.00. The van der Waals surface area contributed by atoms with Gasteiger partial charge in [0.1, 0.15) is 3.70 Å².